The molecule has 0 saturated carbocycles. The first-order valence-electron chi connectivity index (χ1n) is 8.57. The van der Waals surface area contributed by atoms with E-state index in [0.717, 1.165) is 12.1 Å². The van der Waals surface area contributed by atoms with Gasteiger partial charge in [-0.2, -0.15) is 5.26 Å². The number of halogens is 1. The monoisotopic (exact) mass is 381 g/mol. The van der Waals surface area contributed by atoms with Gasteiger partial charge in [0.25, 0.3) is 5.91 Å². The minimum Gasteiger partial charge on any atom is -0.335 e. The second-order valence-electron chi connectivity index (χ2n) is 7.02. The van der Waals surface area contributed by atoms with Gasteiger partial charge in [-0.3, -0.25) is 9.59 Å². The summed E-state index contributed by atoms with van der Waals surface area (Å²) in [4.78, 5) is 36.7. The highest BCUT2D eigenvalue weighted by Gasteiger charge is 2.49. The van der Waals surface area contributed by atoms with Gasteiger partial charge in [-0.05, 0) is 24.6 Å². The first-order chi connectivity index (χ1) is 13.0. The van der Waals surface area contributed by atoms with Crippen LogP contribution in [0.3, 0.4) is 0 Å². The first-order valence-corrected chi connectivity index (χ1v) is 8.95. The maximum Gasteiger partial charge on any atom is 0.291 e. The molecular formula is C19H16ClN5O2. The molecule has 2 aromatic rings. The van der Waals surface area contributed by atoms with Gasteiger partial charge in [0, 0.05) is 49.6 Å². The molecule has 2 saturated heterocycles. The normalized spacial score (nSPS) is 21.7. The van der Waals surface area contributed by atoms with Gasteiger partial charge in [0.2, 0.25) is 11.7 Å². The van der Waals surface area contributed by atoms with Crippen LogP contribution < -0.4 is 4.90 Å². The molecule has 0 bridgehead atoms. The number of carbonyl (C=O) groups excluding carboxylic acids is 2. The van der Waals surface area contributed by atoms with Crippen LogP contribution in [0.5, 0.6) is 0 Å². The van der Waals surface area contributed by atoms with Gasteiger partial charge in [0.15, 0.2) is 0 Å². The molecule has 1 unspecified atom stereocenters. The lowest BCUT2D eigenvalue weighted by atomic mass is 9.86. The van der Waals surface area contributed by atoms with Crippen molar-refractivity contribution in [2.75, 3.05) is 24.5 Å². The Morgan fingerprint density at radius 3 is 2.78 bits per heavy atom. The number of likely N-dealkylation sites (tertiary alicyclic amines) is 1. The molecule has 0 radical (unpaired) electrons. The van der Waals surface area contributed by atoms with Crippen molar-refractivity contribution in [1.82, 2.24) is 14.9 Å². The van der Waals surface area contributed by atoms with Crippen molar-refractivity contribution in [2.45, 2.75) is 12.8 Å². The fourth-order valence-corrected chi connectivity index (χ4v) is 3.92. The molecule has 1 aromatic carbocycles. The highest BCUT2D eigenvalue weighted by atomic mass is 35.5. The Bertz CT molecular complexity index is 955. The molecule has 7 nitrogen and oxygen atoms in total. The smallest absolute Gasteiger partial charge is 0.291 e. The maximum atomic E-state index is 12.6. The van der Waals surface area contributed by atoms with Gasteiger partial charge in [-0.15, -0.1) is 0 Å². The number of anilines is 1. The summed E-state index contributed by atoms with van der Waals surface area (Å²) < 4.78 is 0. The van der Waals surface area contributed by atoms with Crippen LogP contribution in [0.2, 0.25) is 5.02 Å². The van der Waals surface area contributed by atoms with Crippen LogP contribution in [0.4, 0.5) is 5.69 Å². The Morgan fingerprint density at radius 1 is 1.26 bits per heavy atom. The predicted octanol–water partition coefficient (Wildman–Crippen LogP) is 2.27. The van der Waals surface area contributed by atoms with E-state index in [9.17, 15) is 9.59 Å². The standard InChI is InChI=1S/C19H16ClN5O2/c20-14-9-22-17(23-10-14)18(27)24-5-4-19(11-24)7-16(26)25(12-19)15-3-1-2-13(6-15)8-21/h1-3,6,9-10H,4-5,7,11-12H2. The molecule has 3 heterocycles. The number of rotatable bonds is 2. The average molecular weight is 382 g/mol. The number of hydrogen-bond acceptors (Lipinski definition) is 5. The van der Waals surface area contributed by atoms with Crippen LogP contribution in [-0.4, -0.2) is 46.3 Å². The summed E-state index contributed by atoms with van der Waals surface area (Å²) in [5.41, 5.74) is 0.966. The fourth-order valence-electron chi connectivity index (χ4n) is 3.82. The van der Waals surface area contributed by atoms with Gasteiger partial charge >= 0.3 is 0 Å². The third kappa shape index (κ3) is 3.24. The van der Waals surface area contributed by atoms with E-state index in [2.05, 4.69) is 16.0 Å². The van der Waals surface area contributed by atoms with Gasteiger partial charge in [-0.1, -0.05) is 17.7 Å². The number of nitrogens with zero attached hydrogens (tertiary/aromatic N) is 5. The average Bonchev–Trinajstić information content (AvgIpc) is 3.24. The quantitative estimate of drug-likeness (QED) is 0.795. The van der Waals surface area contributed by atoms with Crippen LogP contribution >= 0.6 is 11.6 Å². The zero-order valence-electron chi connectivity index (χ0n) is 14.4. The summed E-state index contributed by atoms with van der Waals surface area (Å²) in [7, 11) is 0. The van der Waals surface area contributed by atoms with Crippen molar-refractivity contribution in [3.05, 3.63) is 53.1 Å². The molecular weight excluding hydrogens is 366 g/mol. The predicted molar refractivity (Wildman–Crippen MR) is 98.1 cm³/mol. The zero-order valence-corrected chi connectivity index (χ0v) is 15.2. The number of hydrogen-bond donors (Lipinski definition) is 0. The molecule has 0 aliphatic carbocycles. The molecule has 8 heteroatoms. The minimum absolute atomic E-state index is 0.0159. The van der Waals surface area contributed by atoms with Gasteiger partial charge in [0.05, 0.1) is 16.7 Å². The van der Waals surface area contributed by atoms with Gasteiger partial charge < -0.3 is 9.80 Å². The molecule has 1 atom stereocenters. The Labute approximate surface area is 161 Å². The van der Waals surface area contributed by atoms with Gasteiger partial charge in [-0.25, -0.2) is 9.97 Å². The molecule has 1 spiro atoms. The van der Waals surface area contributed by atoms with Crippen molar-refractivity contribution in [3.63, 3.8) is 0 Å². The third-order valence-electron chi connectivity index (χ3n) is 5.14. The van der Waals surface area contributed by atoms with Crippen LogP contribution in [0.15, 0.2) is 36.7 Å². The maximum absolute atomic E-state index is 12.6. The summed E-state index contributed by atoms with van der Waals surface area (Å²) in [5.74, 6) is -0.123. The van der Waals surface area contributed by atoms with E-state index in [4.69, 9.17) is 16.9 Å². The van der Waals surface area contributed by atoms with Crippen LogP contribution in [0.1, 0.15) is 29.0 Å². The first kappa shape index (κ1) is 17.4. The topological polar surface area (TPSA) is 90.2 Å². The summed E-state index contributed by atoms with van der Waals surface area (Å²) in [6.07, 6.45) is 3.93. The summed E-state index contributed by atoms with van der Waals surface area (Å²) in [6.45, 7) is 1.58. The van der Waals surface area contributed by atoms with Crippen LogP contribution in [0, 0.1) is 16.7 Å². The Morgan fingerprint density at radius 2 is 2.04 bits per heavy atom. The van der Waals surface area contributed by atoms with Gasteiger partial charge in [0.1, 0.15) is 0 Å². The summed E-state index contributed by atoms with van der Waals surface area (Å²) >= 11 is 5.77. The third-order valence-corrected chi connectivity index (χ3v) is 5.34. The van der Waals surface area contributed by atoms with E-state index in [-0.39, 0.29) is 23.1 Å². The second kappa shape index (κ2) is 6.63. The number of nitriles is 1. The Balaban J connectivity index is 1.51. The number of carbonyl (C=O) groups is 2. The molecule has 2 aliphatic heterocycles. The number of amides is 2. The lowest BCUT2D eigenvalue weighted by Crippen LogP contribution is -2.34. The van der Waals surface area contributed by atoms with Crippen molar-refractivity contribution in [1.29, 1.82) is 5.26 Å². The molecule has 1 aromatic heterocycles. The highest BCUT2D eigenvalue weighted by molar-refractivity contribution is 6.30. The van der Waals surface area contributed by atoms with E-state index in [1.807, 2.05) is 6.07 Å². The lowest BCUT2D eigenvalue weighted by Gasteiger charge is -2.24. The van der Waals surface area contributed by atoms with Crippen LogP contribution in [-0.2, 0) is 4.79 Å². The van der Waals surface area contributed by atoms with E-state index < -0.39 is 0 Å². The zero-order chi connectivity index (χ0) is 19.0. The summed E-state index contributed by atoms with van der Waals surface area (Å²) in [6, 6.07) is 9.13. The molecule has 27 heavy (non-hydrogen) atoms. The van der Waals surface area contributed by atoms with E-state index >= 15 is 0 Å². The Hall–Kier alpha value is -2.98. The number of aromatic nitrogens is 2. The van der Waals surface area contributed by atoms with Crippen molar-refractivity contribution < 1.29 is 9.59 Å². The van der Waals surface area contributed by atoms with Crippen LogP contribution in [0.25, 0.3) is 0 Å². The number of benzene rings is 1. The SMILES string of the molecule is N#Cc1cccc(N2CC3(CCN(C(=O)c4ncc(Cl)cn4)C3)CC2=O)c1. The molecule has 2 amide bonds. The van der Waals surface area contributed by atoms with E-state index in [1.54, 1.807) is 28.0 Å². The molecule has 2 aliphatic rings. The highest BCUT2D eigenvalue weighted by Crippen LogP contribution is 2.42. The Kier molecular flexibility index (Phi) is 4.28. The van der Waals surface area contributed by atoms with Crippen molar-refractivity contribution in [2.24, 2.45) is 5.41 Å². The molecule has 4 rings (SSSR count). The van der Waals surface area contributed by atoms with Crippen molar-refractivity contribution >= 4 is 29.1 Å². The minimum atomic E-state index is -0.276. The summed E-state index contributed by atoms with van der Waals surface area (Å²) in [5, 5.41) is 9.46. The lowest BCUT2D eigenvalue weighted by molar-refractivity contribution is -0.117. The molecule has 136 valence electrons. The second-order valence-corrected chi connectivity index (χ2v) is 7.46. The van der Waals surface area contributed by atoms with Crippen molar-refractivity contribution in [3.8, 4) is 6.07 Å². The van der Waals surface area contributed by atoms with E-state index in [0.29, 0.717) is 36.6 Å². The largest absolute Gasteiger partial charge is 0.335 e. The van der Waals surface area contributed by atoms with E-state index in [1.165, 1.54) is 12.4 Å². The molecule has 0 N–H and O–H groups in total. The molecule has 2 fully saturated rings. The fraction of sp³-hybridized carbons (Fsp3) is 0.316.